The second kappa shape index (κ2) is 9.90. The topological polar surface area (TPSA) is 62.2 Å². The third-order valence-electron chi connectivity index (χ3n) is 6.07. The molecule has 3 heterocycles. The summed E-state index contributed by atoms with van der Waals surface area (Å²) in [5.74, 6) is -0.146. The molecule has 5 rings (SSSR count). The van der Waals surface area contributed by atoms with Gasteiger partial charge in [0.1, 0.15) is 6.54 Å². The van der Waals surface area contributed by atoms with Gasteiger partial charge in [-0.15, -0.1) is 0 Å². The van der Waals surface area contributed by atoms with E-state index in [9.17, 15) is 4.79 Å². The molecular formula is C27H24ClN5OS. The lowest BCUT2D eigenvalue weighted by molar-refractivity contribution is -0.116. The van der Waals surface area contributed by atoms with E-state index in [4.69, 9.17) is 23.8 Å². The number of nitrogens with one attached hydrogen (secondary N) is 2. The molecule has 0 spiro atoms. The van der Waals surface area contributed by atoms with Crippen LogP contribution in [-0.4, -0.2) is 32.0 Å². The van der Waals surface area contributed by atoms with Crippen LogP contribution in [-0.2, 0) is 4.79 Å². The van der Waals surface area contributed by atoms with Gasteiger partial charge in [0.05, 0.1) is 17.8 Å². The Balaban J connectivity index is 1.52. The van der Waals surface area contributed by atoms with Crippen LogP contribution in [0.2, 0.25) is 5.02 Å². The molecule has 2 N–H and O–H groups in total. The number of halogens is 1. The Labute approximate surface area is 214 Å². The van der Waals surface area contributed by atoms with E-state index in [-0.39, 0.29) is 24.5 Å². The van der Waals surface area contributed by atoms with Gasteiger partial charge in [0, 0.05) is 34.5 Å². The van der Waals surface area contributed by atoms with Gasteiger partial charge in [-0.3, -0.25) is 9.78 Å². The van der Waals surface area contributed by atoms with E-state index >= 15 is 0 Å². The minimum Gasteiger partial charge on any atom is -0.352 e. The van der Waals surface area contributed by atoms with Crippen molar-refractivity contribution in [3.63, 3.8) is 0 Å². The summed E-state index contributed by atoms with van der Waals surface area (Å²) in [6, 6.07) is 24.7. The summed E-state index contributed by atoms with van der Waals surface area (Å²) in [5, 5.41) is 7.60. The van der Waals surface area contributed by atoms with Crippen LogP contribution in [0.5, 0.6) is 0 Å². The van der Waals surface area contributed by atoms with Crippen molar-refractivity contribution >= 4 is 40.5 Å². The lowest BCUT2D eigenvalue weighted by Crippen LogP contribution is -2.37. The Morgan fingerprint density at radius 3 is 2.63 bits per heavy atom. The molecule has 1 amide bonds. The largest absolute Gasteiger partial charge is 0.352 e. The van der Waals surface area contributed by atoms with Gasteiger partial charge in [-0.05, 0) is 79.3 Å². The first-order valence-electron chi connectivity index (χ1n) is 11.3. The number of thiocarbonyl (C=S) groups is 1. The molecule has 4 aromatic rings. The van der Waals surface area contributed by atoms with Crippen LogP contribution >= 0.6 is 23.8 Å². The number of benzene rings is 2. The lowest BCUT2D eigenvalue weighted by Gasteiger charge is -2.28. The highest BCUT2D eigenvalue weighted by Gasteiger charge is 2.42. The quantitative estimate of drug-likeness (QED) is 0.344. The van der Waals surface area contributed by atoms with E-state index in [1.165, 1.54) is 0 Å². The lowest BCUT2D eigenvalue weighted by atomic mass is 10.0. The minimum atomic E-state index is -0.259. The SMILES string of the molecule is Cc1cc(-n2cccc2[C@@H]2[C@@H](c3ccccn3)NC(=S)N2CC(=O)Nc2ccccc2)ccc1Cl. The summed E-state index contributed by atoms with van der Waals surface area (Å²) in [6.45, 7) is 2.08. The molecule has 0 radical (unpaired) electrons. The van der Waals surface area contributed by atoms with Crippen molar-refractivity contribution in [2.24, 2.45) is 0 Å². The van der Waals surface area contributed by atoms with Crippen molar-refractivity contribution in [2.45, 2.75) is 19.0 Å². The average Bonchev–Trinajstić information content (AvgIpc) is 3.46. The maximum atomic E-state index is 13.0. The highest BCUT2D eigenvalue weighted by molar-refractivity contribution is 7.80. The summed E-state index contributed by atoms with van der Waals surface area (Å²) in [7, 11) is 0. The van der Waals surface area contributed by atoms with Crippen LogP contribution in [0, 0.1) is 6.92 Å². The van der Waals surface area contributed by atoms with Gasteiger partial charge >= 0.3 is 0 Å². The molecule has 2 aromatic carbocycles. The molecule has 1 saturated heterocycles. The van der Waals surface area contributed by atoms with Gasteiger partial charge < -0.3 is 20.1 Å². The molecule has 1 fully saturated rings. The highest BCUT2D eigenvalue weighted by Crippen LogP contribution is 2.39. The monoisotopic (exact) mass is 501 g/mol. The van der Waals surface area contributed by atoms with Crippen molar-refractivity contribution in [1.82, 2.24) is 19.8 Å². The zero-order chi connectivity index (χ0) is 24.4. The predicted octanol–water partition coefficient (Wildman–Crippen LogP) is 5.45. The molecule has 0 aliphatic carbocycles. The maximum Gasteiger partial charge on any atom is 0.244 e. The van der Waals surface area contributed by atoms with E-state index in [0.717, 1.165) is 33.3 Å². The number of rotatable bonds is 6. The number of nitrogens with zero attached hydrogens (tertiary/aromatic N) is 3. The van der Waals surface area contributed by atoms with Crippen LogP contribution in [0.3, 0.4) is 0 Å². The average molecular weight is 502 g/mol. The zero-order valence-corrected chi connectivity index (χ0v) is 20.6. The Kier molecular flexibility index (Phi) is 6.53. The number of hydrogen-bond donors (Lipinski definition) is 2. The summed E-state index contributed by atoms with van der Waals surface area (Å²) in [6.07, 6.45) is 3.78. The smallest absolute Gasteiger partial charge is 0.244 e. The van der Waals surface area contributed by atoms with Gasteiger partial charge in [0.25, 0.3) is 0 Å². The number of amides is 1. The van der Waals surface area contributed by atoms with Crippen LogP contribution in [0.15, 0.2) is 91.3 Å². The molecule has 2 atom stereocenters. The van der Waals surface area contributed by atoms with Crippen molar-refractivity contribution in [3.8, 4) is 5.69 Å². The van der Waals surface area contributed by atoms with Crippen molar-refractivity contribution in [1.29, 1.82) is 0 Å². The summed E-state index contributed by atoms with van der Waals surface area (Å²) < 4.78 is 2.11. The van der Waals surface area contributed by atoms with Gasteiger partial charge in [0.15, 0.2) is 5.11 Å². The predicted molar refractivity (Wildman–Crippen MR) is 143 cm³/mol. The van der Waals surface area contributed by atoms with Gasteiger partial charge in [-0.25, -0.2) is 0 Å². The minimum absolute atomic E-state index is 0.0968. The van der Waals surface area contributed by atoms with E-state index in [0.29, 0.717) is 5.11 Å². The first-order chi connectivity index (χ1) is 17.0. The number of carbonyl (C=O) groups excluding carboxylic acids is 1. The van der Waals surface area contributed by atoms with Crippen molar-refractivity contribution < 1.29 is 4.79 Å². The maximum absolute atomic E-state index is 13.0. The highest BCUT2D eigenvalue weighted by atomic mass is 35.5. The van der Waals surface area contributed by atoms with E-state index in [1.807, 2.05) is 84.8 Å². The number of pyridine rings is 1. The summed E-state index contributed by atoms with van der Waals surface area (Å²) in [4.78, 5) is 19.6. The first kappa shape index (κ1) is 23.1. The van der Waals surface area contributed by atoms with Gasteiger partial charge in [-0.1, -0.05) is 35.9 Å². The molecule has 8 heteroatoms. The van der Waals surface area contributed by atoms with Crippen LogP contribution in [0.4, 0.5) is 5.69 Å². The summed E-state index contributed by atoms with van der Waals surface area (Å²) in [5.41, 5.74) is 4.56. The molecule has 35 heavy (non-hydrogen) atoms. The molecule has 0 bridgehead atoms. The van der Waals surface area contributed by atoms with Crippen LogP contribution in [0.1, 0.15) is 29.0 Å². The molecule has 2 aromatic heterocycles. The molecule has 0 unspecified atom stereocenters. The molecule has 6 nitrogen and oxygen atoms in total. The zero-order valence-electron chi connectivity index (χ0n) is 19.1. The molecule has 0 saturated carbocycles. The molecule has 176 valence electrons. The number of hydrogen-bond acceptors (Lipinski definition) is 3. The van der Waals surface area contributed by atoms with E-state index < -0.39 is 0 Å². The van der Waals surface area contributed by atoms with Crippen molar-refractivity contribution in [3.05, 3.63) is 113 Å². The Morgan fingerprint density at radius 1 is 1.09 bits per heavy atom. The Hall–Kier alpha value is -3.68. The van der Waals surface area contributed by atoms with Gasteiger partial charge in [-0.2, -0.15) is 0 Å². The second-order valence-electron chi connectivity index (χ2n) is 8.41. The fourth-order valence-electron chi connectivity index (χ4n) is 4.42. The number of aromatic nitrogens is 2. The first-order valence-corrected chi connectivity index (χ1v) is 12.1. The van der Waals surface area contributed by atoms with E-state index in [2.05, 4.69) is 32.3 Å². The molecule has 1 aliphatic rings. The van der Waals surface area contributed by atoms with Crippen LogP contribution in [0.25, 0.3) is 5.69 Å². The van der Waals surface area contributed by atoms with Crippen LogP contribution < -0.4 is 10.6 Å². The van der Waals surface area contributed by atoms with Gasteiger partial charge in [0.2, 0.25) is 5.91 Å². The third kappa shape index (κ3) is 4.78. The third-order valence-corrected chi connectivity index (χ3v) is 6.85. The van der Waals surface area contributed by atoms with Crippen molar-refractivity contribution in [2.75, 3.05) is 11.9 Å². The fourth-order valence-corrected chi connectivity index (χ4v) is 4.85. The molecular weight excluding hydrogens is 478 g/mol. The number of anilines is 1. The Bertz CT molecular complexity index is 1360. The molecule has 1 aliphatic heterocycles. The summed E-state index contributed by atoms with van der Waals surface area (Å²) >= 11 is 12.0. The fraction of sp³-hybridized carbons (Fsp3) is 0.148. The second-order valence-corrected chi connectivity index (χ2v) is 9.20. The van der Waals surface area contributed by atoms with E-state index in [1.54, 1.807) is 6.20 Å². The number of para-hydroxylation sites is 1. The Morgan fingerprint density at radius 2 is 1.89 bits per heavy atom. The standard InChI is InChI=1S/C27H24ClN5OS/c1-18-16-20(12-13-21(18)28)32-15-7-11-23(32)26-25(22-10-5-6-14-29-22)31-27(35)33(26)17-24(34)30-19-8-3-2-4-9-19/h2-16,25-26H,17H2,1H3,(H,30,34)(H,31,35)/t25-,26-/m1/s1. The number of carbonyl (C=O) groups is 1. The normalized spacial score (nSPS) is 17.3. The number of aryl methyl sites for hydroxylation is 1.